The van der Waals surface area contributed by atoms with E-state index < -0.39 is 5.91 Å². The van der Waals surface area contributed by atoms with Gasteiger partial charge in [0.25, 0.3) is 5.91 Å². The summed E-state index contributed by atoms with van der Waals surface area (Å²) < 4.78 is 6.73. The van der Waals surface area contributed by atoms with Gasteiger partial charge in [0.15, 0.2) is 0 Å². The molecule has 3 rings (SSSR count). The lowest BCUT2D eigenvalue weighted by molar-refractivity contribution is 0.0997. The average Bonchev–Trinajstić information content (AvgIpc) is 3.10. The number of benzene rings is 1. The van der Waals surface area contributed by atoms with Gasteiger partial charge in [-0.15, -0.1) is 0 Å². The second kappa shape index (κ2) is 5.22. The minimum Gasteiger partial charge on any atom is -0.458 e. The van der Waals surface area contributed by atoms with Crippen LogP contribution in [0, 0.1) is 0 Å². The van der Waals surface area contributed by atoms with Crippen LogP contribution in [0.2, 0.25) is 5.02 Å². The van der Waals surface area contributed by atoms with Crippen molar-refractivity contribution in [2.45, 2.75) is 0 Å². The van der Waals surface area contributed by atoms with Gasteiger partial charge in [0.05, 0.1) is 22.7 Å². The number of halogens is 1. The molecular formula is C14H10ClN3O2. The summed E-state index contributed by atoms with van der Waals surface area (Å²) in [4.78, 5) is 12.1. The van der Waals surface area contributed by atoms with Crippen molar-refractivity contribution in [1.82, 2.24) is 9.78 Å². The normalized spacial score (nSPS) is 10.4. The molecule has 0 saturated carbocycles. The fourth-order valence-electron chi connectivity index (χ4n) is 1.83. The number of nitrogens with zero attached hydrogens (tertiary/aromatic N) is 2. The number of anilines is 1. The molecular weight excluding hydrogens is 278 g/mol. The fourth-order valence-corrected chi connectivity index (χ4v) is 2.01. The number of carbonyl (C=O) groups is 1. The van der Waals surface area contributed by atoms with Gasteiger partial charge in [-0.2, -0.15) is 5.10 Å². The molecule has 0 aliphatic rings. The fraction of sp³-hybridized carbons (Fsp3) is 0. The van der Waals surface area contributed by atoms with Crippen LogP contribution in [0.1, 0.15) is 10.6 Å². The summed E-state index contributed by atoms with van der Waals surface area (Å²) >= 11 is 5.87. The van der Waals surface area contributed by atoms with Crippen LogP contribution >= 0.6 is 11.6 Å². The summed E-state index contributed by atoms with van der Waals surface area (Å²) in [5.74, 6) is -0.318. The average molecular weight is 288 g/mol. The van der Waals surface area contributed by atoms with Crippen LogP contribution in [-0.2, 0) is 0 Å². The third-order valence-electron chi connectivity index (χ3n) is 2.73. The number of carbonyl (C=O) groups excluding carboxylic acids is 1. The van der Waals surface area contributed by atoms with Crippen molar-refractivity contribution in [3.63, 3.8) is 0 Å². The highest BCUT2D eigenvalue weighted by Crippen LogP contribution is 2.22. The zero-order chi connectivity index (χ0) is 13.9. The van der Waals surface area contributed by atoms with E-state index in [0.717, 1.165) is 5.69 Å². The number of hydrogen-bond acceptors (Lipinski definition) is 3. The van der Waals surface area contributed by atoms with Gasteiger partial charge < -0.3 is 9.73 Å². The van der Waals surface area contributed by atoms with Crippen molar-refractivity contribution in [1.29, 1.82) is 0 Å². The van der Waals surface area contributed by atoms with Gasteiger partial charge in [-0.1, -0.05) is 23.7 Å². The van der Waals surface area contributed by atoms with E-state index in [1.54, 1.807) is 23.1 Å². The molecule has 2 heterocycles. The third kappa shape index (κ3) is 2.31. The van der Waals surface area contributed by atoms with Gasteiger partial charge in [0.2, 0.25) is 5.76 Å². The molecule has 0 spiro atoms. The van der Waals surface area contributed by atoms with E-state index in [1.807, 2.05) is 24.3 Å². The molecule has 1 aromatic carbocycles. The Labute approximate surface area is 119 Å². The van der Waals surface area contributed by atoms with E-state index in [4.69, 9.17) is 16.0 Å². The van der Waals surface area contributed by atoms with Crippen molar-refractivity contribution >= 4 is 23.2 Å². The monoisotopic (exact) mass is 287 g/mol. The van der Waals surface area contributed by atoms with Crippen molar-refractivity contribution in [3.8, 4) is 5.69 Å². The Hall–Kier alpha value is -2.53. The van der Waals surface area contributed by atoms with E-state index in [0.29, 0.717) is 5.69 Å². The summed E-state index contributed by atoms with van der Waals surface area (Å²) in [6, 6.07) is 10.7. The predicted octanol–water partition coefficient (Wildman–Crippen LogP) is 3.37. The Morgan fingerprint density at radius 1 is 1.25 bits per heavy atom. The van der Waals surface area contributed by atoms with E-state index in [9.17, 15) is 4.79 Å². The largest absolute Gasteiger partial charge is 0.458 e. The molecule has 0 atom stereocenters. The molecule has 2 aromatic heterocycles. The first-order valence-electron chi connectivity index (χ1n) is 5.89. The van der Waals surface area contributed by atoms with Crippen molar-refractivity contribution in [3.05, 3.63) is 65.8 Å². The lowest BCUT2D eigenvalue weighted by Gasteiger charge is -2.10. The maximum atomic E-state index is 12.1. The maximum Gasteiger partial charge on any atom is 0.292 e. The van der Waals surface area contributed by atoms with E-state index in [1.165, 1.54) is 12.3 Å². The summed E-state index contributed by atoms with van der Waals surface area (Å²) in [5.41, 5.74) is 1.38. The van der Waals surface area contributed by atoms with Crippen molar-refractivity contribution < 1.29 is 9.21 Å². The number of furan rings is 1. The van der Waals surface area contributed by atoms with Crippen LogP contribution in [0.3, 0.4) is 0 Å². The molecule has 100 valence electrons. The van der Waals surface area contributed by atoms with E-state index in [2.05, 4.69) is 10.4 Å². The van der Waals surface area contributed by atoms with Gasteiger partial charge >= 0.3 is 0 Å². The van der Waals surface area contributed by atoms with Crippen molar-refractivity contribution in [2.24, 2.45) is 0 Å². The first-order chi connectivity index (χ1) is 9.75. The van der Waals surface area contributed by atoms with Gasteiger partial charge in [0.1, 0.15) is 0 Å². The Morgan fingerprint density at radius 2 is 2.10 bits per heavy atom. The second-order valence-electron chi connectivity index (χ2n) is 4.02. The van der Waals surface area contributed by atoms with Gasteiger partial charge in [0, 0.05) is 12.4 Å². The highest BCUT2D eigenvalue weighted by atomic mass is 35.5. The highest BCUT2D eigenvalue weighted by molar-refractivity contribution is 6.34. The molecule has 20 heavy (non-hydrogen) atoms. The maximum absolute atomic E-state index is 12.1. The first-order valence-corrected chi connectivity index (χ1v) is 6.27. The second-order valence-corrected chi connectivity index (χ2v) is 4.43. The number of nitrogens with one attached hydrogen (secondary N) is 1. The summed E-state index contributed by atoms with van der Waals surface area (Å²) in [5, 5.41) is 7.19. The molecule has 3 aromatic rings. The van der Waals surface area contributed by atoms with Crippen molar-refractivity contribution in [2.75, 3.05) is 5.32 Å². The SMILES string of the molecule is O=C(Nc1ccccc1-n1cccn1)c1occc1Cl. The van der Waals surface area contributed by atoms with E-state index in [-0.39, 0.29) is 10.8 Å². The number of aromatic nitrogens is 2. The molecule has 0 bridgehead atoms. The standard InChI is InChI=1S/C14H10ClN3O2/c15-10-6-9-20-13(10)14(19)17-11-4-1-2-5-12(11)18-8-3-7-16-18/h1-9H,(H,17,19). The first kappa shape index (κ1) is 12.5. The van der Waals surface area contributed by atoms with Crippen LogP contribution in [0.4, 0.5) is 5.69 Å². The van der Waals surface area contributed by atoms with Crippen LogP contribution in [-0.4, -0.2) is 15.7 Å². The molecule has 6 heteroatoms. The Balaban J connectivity index is 1.92. The molecule has 0 unspecified atom stereocenters. The Morgan fingerprint density at radius 3 is 2.80 bits per heavy atom. The molecule has 0 aliphatic heterocycles. The van der Waals surface area contributed by atoms with Gasteiger partial charge in [-0.25, -0.2) is 4.68 Å². The molecule has 0 radical (unpaired) electrons. The van der Waals surface area contributed by atoms with Gasteiger partial charge in [-0.3, -0.25) is 4.79 Å². The predicted molar refractivity (Wildman–Crippen MR) is 75.2 cm³/mol. The van der Waals surface area contributed by atoms with Crippen LogP contribution in [0.25, 0.3) is 5.69 Å². The number of amides is 1. The number of para-hydroxylation sites is 2. The zero-order valence-electron chi connectivity index (χ0n) is 10.3. The molecule has 1 N–H and O–H groups in total. The van der Waals surface area contributed by atoms with Gasteiger partial charge in [-0.05, 0) is 24.3 Å². The lowest BCUT2D eigenvalue weighted by Crippen LogP contribution is -2.13. The zero-order valence-corrected chi connectivity index (χ0v) is 11.0. The number of hydrogen-bond donors (Lipinski definition) is 1. The summed E-state index contributed by atoms with van der Waals surface area (Å²) in [7, 11) is 0. The third-order valence-corrected chi connectivity index (χ3v) is 3.02. The summed E-state index contributed by atoms with van der Waals surface area (Å²) in [6.45, 7) is 0. The van der Waals surface area contributed by atoms with Crippen LogP contribution in [0.5, 0.6) is 0 Å². The van der Waals surface area contributed by atoms with Crippen LogP contribution < -0.4 is 5.32 Å². The smallest absolute Gasteiger partial charge is 0.292 e. The molecule has 0 aliphatic carbocycles. The quantitative estimate of drug-likeness (QED) is 0.803. The van der Waals surface area contributed by atoms with E-state index >= 15 is 0 Å². The Bertz CT molecular complexity index is 734. The highest BCUT2D eigenvalue weighted by Gasteiger charge is 2.16. The molecule has 0 fully saturated rings. The lowest BCUT2D eigenvalue weighted by atomic mass is 10.2. The number of rotatable bonds is 3. The molecule has 0 saturated heterocycles. The minimum atomic E-state index is -0.403. The van der Waals surface area contributed by atoms with Crippen LogP contribution in [0.15, 0.2) is 59.5 Å². The summed E-state index contributed by atoms with van der Waals surface area (Å²) in [6.07, 6.45) is 4.84. The minimum absolute atomic E-state index is 0.0851. The molecule has 5 nitrogen and oxygen atoms in total. The molecule has 1 amide bonds. The topological polar surface area (TPSA) is 60.1 Å². The Kier molecular flexibility index (Phi) is 3.26.